The van der Waals surface area contributed by atoms with Crippen LogP contribution >= 0.6 is 0 Å². The standard InChI is InChI=1S/C15H23O3/c1-14(2,3)9-8-10(18-7)11(15(4,5)6)13(17)12(9)16/h8,17H,1-7H3. The predicted octanol–water partition coefficient (Wildman–Crippen LogP) is 4.14. The number of aromatic hydroxyl groups is 1. The summed E-state index contributed by atoms with van der Waals surface area (Å²) in [5, 5.41) is 22.4. The van der Waals surface area contributed by atoms with Crippen molar-refractivity contribution in [2.45, 2.75) is 52.4 Å². The summed E-state index contributed by atoms with van der Waals surface area (Å²) in [6.07, 6.45) is 0. The highest BCUT2D eigenvalue weighted by atomic mass is 16.5. The molecule has 0 saturated heterocycles. The van der Waals surface area contributed by atoms with E-state index in [0.29, 0.717) is 16.9 Å². The SMILES string of the molecule is COc1cc(C(C)(C)C)c([O])c(O)c1C(C)(C)C. The molecule has 0 unspecified atom stereocenters. The van der Waals surface area contributed by atoms with Crippen molar-refractivity contribution in [3.05, 3.63) is 17.2 Å². The van der Waals surface area contributed by atoms with Gasteiger partial charge in [0.15, 0.2) is 5.75 Å². The molecule has 1 radical (unpaired) electrons. The highest BCUT2D eigenvalue weighted by Crippen LogP contribution is 2.48. The van der Waals surface area contributed by atoms with Crippen LogP contribution in [0.1, 0.15) is 52.7 Å². The van der Waals surface area contributed by atoms with Crippen molar-refractivity contribution >= 4 is 0 Å². The molecule has 0 saturated carbocycles. The quantitative estimate of drug-likeness (QED) is 0.815. The van der Waals surface area contributed by atoms with Gasteiger partial charge >= 0.3 is 0 Å². The number of benzene rings is 1. The lowest BCUT2D eigenvalue weighted by Gasteiger charge is -2.27. The minimum Gasteiger partial charge on any atom is -0.504 e. The molecule has 3 nitrogen and oxygen atoms in total. The van der Waals surface area contributed by atoms with Gasteiger partial charge in [-0.1, -0.05) is 41.5 Å². The summed E-state index contributed by atoms with van der Waals surface area (Å²) in [5.74, 6) is 0.0875. The van der Waals surface area contributed by atoms with Crippen molar-refractivity contribution in [3.63, 3.8) is 0 Å². The van der Waals surface area contributed by atoms with E-state index in [0.717, 1.165) is 0 Å². The molecular formula is C15H23O3. The van der Waals surface area contributed by atoms with Gasteiger partial charge in [-0.2, -0.15) is 0 Å². The highest BCUT2D eigenvalue weighted by Gasteiger charge is 2.31. The van der Waals surface area contributed by atoms with Gasteiger partial charge in [0.25, 0.3) is 0 Å². The van der Waals surface area contributed by atoms with Crippen LogP contribution in [0.5, 0.6) is 17.2 Å². The van der Waals surface area contributed by atoms with E-state index in [-0.39, 0.29) is 22.3 Å². The van der Waals surface area contributed by atoms with Gasteiger partial charge in [-0.25, -0.2) is 0 Å². The first-order valence-corrected chi connectivity index (χ1v) is 6.12. The summed E-state index contributed by atoms with van der Waals surface area (Å²) in [6.45, 7) is 11.7. The molecule has 1 rings (SSSR count). The average Bonchev–Trinajstić information content (AvgIpc) is 2.17. The van der Waals surface area contributed by atoms with Crippen LogP contribution in [0.2, 0.25) is 0 Å². The molecule has 0 aliphatic heterocycles. The van der Waals surface area contributed by atoms with E-state index in [2.05, 4.69) is 0 Å². The van der Waals surface area contributed by atoms with Crippen molar-refractivity contribution in [1.29, 1.82) is 0 Å². The van der Waals surface area contributed by atoms with Crippen LogP contribution in [0, 0.1) is 0 Å². The fraction of sp³-hybridized carbons (Fsp3) is 0.600. The van der Waals surface area contributed by atoms with Crippen LogP contribution in [0.15, 0.2) is 6.07 Å². The third kappa shape index (κ3) is 2.55. The second-order valence-corrected chi connectivity index (χ2v) is 6.68. The number of hydrogen-bond donors (Lipinski definition) is 1. The van der Waals surface area contributed by atoms with Crippen LogP contribution in [0.25, 0.3) is 0 Å². The summed E-state index contributed by atoms with van der Waals surface area (Å²) < 4.78 is 5.34. The zero-order valence-corrected chi connectivity index (χ0v) is 12.3. The Morgan fingerprint density at radius 2 is 1.56 bits per heavy atom. The predicted molar refractivity (Wildman–Crippen MR) is 72.2 cm³/mol. The maximum Gasteiger partial charge on any atom is 0.224 e. The molecule has 0 aromatic heterocycles. The number of rotatable bonds is 1. The van der Waals surface area contributed by atoms with E-state index < -0.39 is 0 Å². The van der Waals surface area contributed by atoms with E-state index in [1.807, 2.05) is 41.5 Å². The third-order valence-corrected chi connectivity index (χ3v) is 3.00. The summed E-state index contributed by atoms with van der Waals surface area (Å²) in [5.41, 5.74) is 0.483. The molecular weight excluding hydrogens is 228 g/mol. The summed E-state index contributed by atoms with van der Waals surface area (Å²) in [7, 11) is 1.56. The Kier molecular flexibility index (Phi) is 3.57. The molecule has 0 aliphatic carbocycles. The zero-order valence-electron chi connectivity index (χ0n) is 12.3. The lowest BCUT2D eigenvalue weighted by molar-refractivity contribution is 0.301. The maximum absolute atomic E-state index is 12.2. The Bertz CT molecular complexity index is 448. The Hall–Kier alpha value is -1.38. The average molecular weight is 251 g/mol. The fourth-order valence-electron chi connectivity index (χ4n) is 2.07. The lowest BCUT2D eigenvalue weighted by atomic mass is 9.80. The van der Waals surface area contributed by atoms with Gasteiger partial charge in [0.05, 0.1) is 7.11 Å². The van der Waals surface area contributed by atoms with E-state index >= 15 is 0 Å². The van der Waals surface area contributed by atoms with Gasteiger partial charge in [-0.15, -0.1) is 0 Å². The topological polar surface area (TPSA) is 49.4 Å². The Labute approximate surface area is 109 Å². The van der Waals surface area contributed by atoms with E-state index in [4.69, 9.17) is 4.74 Å². The molecule has 0 fully saturated rings. The summed E-state index contributed by atoms with van der Waals surface area (Å²) in [6, 6.07) is 1.75. The van der Waals surface area contributed by atoms with Gasteiger partial charge in [0.1, 0.15) is 5.75 Å². The third-order valence-electron chi connectivity index (χ3n) is 3.00. The smallest absolute Gasteiger partial charge is 0.224 e. The van der Waals surface area contributed by atoms with Crippen molar-refractivity contribution in [2.24, 2.45) is 0 Å². The largest absolute Gasteiger partial charge is 0.504 e. The molecule has 0 bridgehead atoms. The van der Waals surface area contributed by atoms with Crippen molar-refractivity contribution in [3.8, 4) is 17.2 Å². The Balaban J connectivity index is 3.66. The highest BCUT2D eigenvalue weighted by molar-refractivity contribution is 5.60. The number of phenolic OH excluding ortho intramolecular Hbond substituents is 1. The number of ether oxygens (including phenoxy) is 1. The van der Waals surface area contributed by atoms with Crippen LogP contribution in [-0.2, 0) is 15.9 Å². The van der Waals surface area contributed by atoms with Crippen LogP contribution in [0.4, 0.5) is 0 Å². The molecule has 18 heavy (non-hydrogen) atoms. The monoisotopic (exact) mass is 251 g/mol. The number of methoxy groups -OCH3 is 1. The second-order valence-electron chi connectivity index (χ2n) is 6.68. The van der Waals surface area contributed by atoms with Crippen LogP contribution in [-0.4, -0.2) is 12.2 Å². The Morgan fingerprint density at radius 3 is 1.89 bits per heavy atom. The van der Waals surface area contributed by atoms with Crippen molar-refractivity contribution < 1.29 is 14.9 Å². The molecule has 101 valence electrons. The molecule has 1 aromatic rings. The fourth-order valence-corrected chi connectivity index (χ4v) is 2.07. The lowest BCUT2D eigenvalue weighted by Crippen LogP contribution is -2.16. The van der Waals surface area contributed by atoms with E-state index in [9.17, 15) is 10.2 Å². The Morgan fingerprint density at radius 1 is 1.06 bits per heavy atom. The van der Waals surface area contributed by atoms with Gasteiger partial charge < -0.3 is 9.84 Å². The first-order valence-electron chi connectivity index (χ1n) is 6.12. The molecule has 0 aliphatic rings. The maximum atomic E-state index is 12.2. The van der Waals surface area contributed by atoms with Gasteiger partial charge in [-0.3, -0.25) is 5.11 Å². The normalized spacial score (nSPS) is 12.6. The second kappa shape index (κ2) is 4.38. The van der Waals surface area contributed by atoms with E-state index in [1.54, 1.807) is 13.2 Å². The van der Waals surface area contributed by atoms with Crippen molar-refractivity contribution in [2.75, 3.05) is 7.11 Å². The summed E-state index contributed by atoms with van der Waals surface area (Å²) >= 11 is 0. The van der Waals surface area contributed by atoms with Crippen LogP contribution in [0.3, 0.4) is 0 Å². The number of phenols is 1. The van der Waals surface area contributed by atoms with Gasteiger partial charge in [0, 0.05) is 11.1 Å². The first-order chi connectivity index (χ1) is 8.00. The van der Waals surface area contributed by atoms with Crippen LogP contribution < -0.4 is 4.74 Å². The molecule has 0 atom stereocenters. The molecule has 3 heteroatoms. The minimum atomic E-state index is -0.342. The molecule has 0 spiro atoms. The van der Waals surface area contributed by atoms with Gasteiger partial charge in [0.2, 0.25) is 5.75 Å². The zero-order chi connectivity index (χ0) is 14.3. The molecule has 0 heterocycles. The first kappa shape index (κ1) is 14.7. The minimum absolute atomic E-state index is 0.188. The summed E-state index contributed by atoms with van der Waals surface area (Å²) in [4.78, 5) is 0. The molecule has 1 aromatic carbocycles. The molecule has 0 amide bonds. The van der Waals surface area contributed by atoms with Gasteiger partial charge in [-0.05, 0) is 16.9 Å². The van der Waals surface area contributed by atoms with E-state index in [1.165, 1.54) is 0 Å². The molecule has 1 N–H and O–H groups in total. The van der Waals surface area contributed by atoms with Crippen molar-refractivity contribution in [1.82, 2.24) is 0 Å². The number of hydrogen-bond acceptors (Lipinski definition) is 2.